The number of nitrogens with one attached hydrogen (secondary N) is 1. The number of guanidine groups is 1. The minimum atomic E-state index is 0. The molecule has 1 aromatic rings. The first-order valence-corrected chi connectivity index (χ1v) is 8.90. The Labute approximate surface area is 175 Å². The number of aliphatic imine (C=N–C) groups is 1. The van der Waals surface area contributed by atoms with Crippen LogP contribution in [-0.2, 0) is 6.42 Å². The molecule has 0 aliphatic carbocycles. The van der Waals surface area contributed by atoms with Crippen molar-refractivity contribution in [1.82, 2.24) is 15.1 Å². The molecule has 0 unspecified atom stereocenters. The Balaban J connectivity index is 0.00000625. The highest BCUT2D eigenvalue weighted by Crippen LogP contribution is 2.08. The van der Waals surface area contributed by atoms with Crippen LogP contribution < -0.4 is 5.32 Å². The fourth-order valence-corrected chi connectivity index (χ4v) is 2.46. The smallest absolute Gasteiger partial charge is 0.253 e. The van der Waals surface area contributed by atoms with Crippen molar-refractivity contribution >= 4 is 35.8 Å². The maximum Gasteiger partial charge on any atom is 0.253 e. The van der Waals surface area contributed by atoms with E-state index >= 15 is 0 Å². The molecule has 5 nitrogen and oxygen atoms in total. The number of carbonyl (C=O) groups is 1. The van der Waals surface area contributed by atoms with Crippen molar-refractivity contribution in [1.29, 1.82) is 0 Å². The summed E-state index contributed by atoms with van der Waals surface area (Å²) in [5.41, 5.74) is 1.85. The normalized spacial score (nSPS) is 10.7. The second-order valence-corrected chi connectivity index (χ2v) is 6.24. The van der Waals surface area contributed by atoms with E-state index in [2.05, 4.69) is 30.8 Å². The fourth-order valence-electron chi connectivity index (χ4n) is 2.46. The van der Waals surface area contributed by atoms with Crippen LogP contribution in [0.25, 0.3) is 0 Å². The first-order chi connectivity index (χ1) is 12.0. The molecule has 0 bridgehead atoms. The molecule has 0 aromatic heterocycles. The molecular weight excluding hydrogens is 439 g/mol. The van der Waals surface area contributed by atoms with Gasteiger partial charge in [0.05, 0.1) is 0 Å². The van der Waals surface area contributed by atoms with E-state index in [0.29, 0.717) is 6.54 Å². The minimum Gasteiger partial charge on any atom is -0.357 e. The third kappa shape index (κ3) is 8.69. The van der Waals surface area contributed by atoms with Crippen LogP contribution in [0.2, 0.25) is 0 Å². The van der Waals surface area contributed by atoms with Gasteiger partial charge in [-0.05, 0) is 43.9 Å². The Kier molecular flexibility index (Phi) is 12.8. The molecule has 0 saturated carbocycles. The Morgan fingerprint density at radius 2 is 2.04 bits per heavy atom. The summed E-state index contributed by atoms with van der Waals surface area (Å²) in [5.74, 6) is 0.952. The van der Waals surface area contributed by atoms with E-state index in [1.807, 2.05) is 30.3 Å². The van der Waals surface area contributed by atoms with Crippen molar-refractivity contribution in [3.8, 4) is 0 Å². The van der Waals surface area contributed by atoms with E-state index in [0.717, 1.165) is 49.4 Å². The predicted octanol–water partition coefficient (Wildman–Crippen LogP) is 3.41. The molecule has 0 aliphatic rings. The lowest BCUT2D eigenvalue weighted by molar-refractivity contribution is 0.0827. The maximum atomic E-state index is 12.1. The Morgan fingerprint density at radius 3 is 2.65 bits per heavy atom. The average molecular weight is 472 g/mol. The summed E-state index contributed by atoms with van der Waals surface area (Å²) in [4.78, 5) is 20.5. The lowest BCUT2D eigenvalue weighted by Crippen LogP contribution is -2.39. The molecule has 26 heavy (non-hydrogen) atoms. The van der Waals surface area contributed by atoms with E-state index in [1.54, 1.807) is 19.0 Å². The standard InChI is InChI=1S/C20H32N4O.HI/c1-6-8-9-15-24(5)20(21-7-2)22-14-13-17-11-10-12-18(16-17)19(25)23(3)4;/h6,10-12,16H,1,7-9,13-15H2,2-5H3,(H,21,22);1H. The molecule has 1 N–H and O–H groups in total. The Bertz CT molecular complexity index is 587. The van der Waals surface area contributed by atoms with Crippen molar-refractivity contribution in [3.05, 3.63) is 48.0 Å². The molecule has 0 spiro atoms. The topological polar surface area (TPSA) is 47.9 Å². The Morgan fingerprint density at radius 1 is 1.31 bits per heavy atom. The molecule has 146 valence electrons. The predicted molar refractivity (Wildman–Crippen MR) is 122 cm³/mol. The third-order valence-corrected chi connectivity index (χ3v) is 3.84. The fraction of sp³-hybridized carbons (Fsp3) is 0.500. The van der Waals surface area contributed by atoms with Crippen LogP contribution >= 0.6 is 24.0 Å². The lowest BCUT2D eigenvalue weighted by Gasteiger charge is -2.21. The maximum absolute atomic E-state index is 12.1. The molecule has 1 aromatic carbocycles. The monoisotopic (exact) mass is 472 g/mol. The highest BCUT2D eigenvalue weighted by molar-refractivity contribution is 14.0. The lowest BCUT2D eigenvalue weighted by atomic mass is 10.1. The van der Waals surface area contributed by atoms with Gasteiger partial charge < -0.3 is 15.1 Å². The van der Waals surface area contributed by atoms with Crippen LogP contribution in [0, 0.1) is 0 Å². The van der Waals surface area contributed by atoms with Gasteiger partial charge in [-0.15, -0.1) is 30.6 Å². The Hall–Kier alpha value is -1.57. The van der Waals surface area contributed by atoms with E-state index in [1.165, 1.54) is 0 Å². The summed E-state index contributed by atoms with van der Waals surface area (Å²) in [7, 11) is 5.59. The van der Waals surface area contributed by atoms with E-state index < -0.39 is 0 Å². The number of rotatable bonds is 9. The second-order valence-electron chi connectivity index (χ2n) is 6.24. The van der Waals surface area contributed by atoms with Crippen LogP contribution in [0.1, 0.15) is 35.7 Å². The molecule has 0 atom stereocenters. The number of benzene rings is 1. The highest BCUT2D eigenvalue weighted by atomic mass is 127. The number of nitrogens with zero attached hydrogens (tertiary/aromatic N) is 3. The van der Waals surface area contributed by atoms with Crippen LogP contribution in [0.4, 0.5) is 0 Å². The molecule has 0 saturated heterocycles. The second kappa shape index (κ2) is 13.6. The summed E-state index contributed by atoms with van der Waals surface area (Å²) in [6.45, 7) is 8.32. The van der Waals surface area contributed by atoms with Gasteiger partial charge in [0.15, 0.2) is 5.96 Å². The van der Waals surface area contributed by atoms with Gasteiger partial charge in [0.2, 0.25) is 0 Å². The van der Waals surface area contributed by atoms with Gasteiger partial charge in [0, 0.05) is 46.3 Å². The van der Waals surface area contributed by atoms with Crippen LogP contribution in [0.5, 0.6) is 0 Å². The first kappa shape index (κ1) is 24.4. The number of allylic oxidation sites excluding steroid dienone is 1. The quantitative estimate of drug-likeness (QED) is 0.197. The average Bonchev–Trinajstić information content (AvgIpc) is 2.60. The molecular formula is C20H33IN4O. The number of hydrogen-bond donors (Lipinski definition) is 1. The summed E-state index contributed by atoms with van der Waals surface area (Å²) >= 11 is 0. The van der Waals surface area contributed by atoms with Crippen molar-refractivity contribution in [3.63, 3.8) is 0 Å². The van der Waals surface area contributed by atoms with Crippen molar-refractivity contribution < 1.29 is 4.79 Å². The van der Waals surface area contributed by atoms with Crippen LogP contribution in [0.3, 0.4) is 0 Å². The molecule has 0 fully saturated rings. The van der Waals surface area contributed by atoms with Crippen LogP contribution in [0.15, 0.2) is 41.9 Å². The SMILES string of the molecule is C=CCCCN(C)C(=NCCc1cccc(C(=O)N(C)C)c1)NCC.I. The van der Waals surface area contributed by atoms with Gasteiger partial charge in [-0.2, -0.15) is 0 Å². The molecule has 1 amide bonds. The molecule has 0 radical (unpaired) electrons. The van der Waals surface area contributed by atoms with Crippen LogP contribution in [-0.4, -0.2) is 62.4 Å². The minimum absolute atomic E-state index is 0. The van der Waals surface area contributed by atoms with Gasteiger partial charge in [0.1, 0.15) is 0 Å². The summed E-state index contributed by atoms with van der Waals surface area (Å²) < 4.78 is 0. The van der Waals surface area contributed by atoms with Crippen molar-refractivity contribution in [2.45, 2.75) is 26.2 Å². The van der Waals surface area contributed by atoms with E-state index in [4.69, 9.17) is 4.99 Å². The van der Waals surface area contributed by atoms with Gasteiger partial charge in [0.25, 0.3) is 5.91 Å². The number of hydrogen-bond acceptors (Lipinski definition) is 2. The number of amides is 1. The van der Waals surface area contributed by atoms with Gasteiger partial charge >= 0.3 is 0 Å². The summed E-state index contributed by atoms with van der Waals surface area (Å²) in [6, 6.07) is 7.79. The molecule has 0 aliphatic heterocycles. The number of halogens is 1. The first-order valence-electron chi connectivity index (χ1n) is 8.90. The zero-order valence-electron chi connectivity index (χ0n) is 16.5. The zero-order valence-corrected chi connectivity index (χ0v) is 18.8. The number of unbranched alkanes of at least 4 members (excludes halogenated alkanes) is 1. The molecule has 1 rings (SSSR count). The van der Waals surface area contributed by atoms with Crippen molar-refractivity contribution in [2.75, 3.05) is 40.8 Å². The zero-order chi connectivity index (χ0) is 18.7. The van der Waals surface area contributed by atoms with Gasteiger partial charge in [-0.3, -0.25) is 9.79 Å². The van der Waals surface area contributed by atoms with Crippen molar-refractivity contribution in [2.24, 2.45) is 4.99 Å². The third-order valence-electron chi connectivity index (χ3n) is 3.84. The van der Waals surface area contributed by atoms with Gasteiger partial charge in [-0.25, -0.2) is 0 Å². The summed E-state index contributed by atoms with van der Waals surface area (Å²) in [6.07, 6.45) is 4.83. The largest absolute Gasteiger partial charge is 0.357 e. The molecule has 6 heteroatoms. The van der Waals surface area contributed by atoms with E-state index in [9.17, 15) is 4.79 Å². The van der Waals surface area contributed by atoms with Gasteiger partial charge in [-0.1, -0.05) is 18.2 Å². The van der Waals surface area contributed by atoms with E-state index in [-0.39, 0.29) is 29.9 Å². The highest BCUT2D eigenvalue weighted by Gasteiger charge is 2.08. The summed E-state index contributed by atoms with van der Waals surface area (Å²) in [5, 5.41) is 3.33. The number of carbonyl (C=O) groups excluding carboxylic acids is 1. The molecule has 0 heterocycles.